The average molecular weight is 308 g/mol. The SMILES string of the molecule is CCCCOCCOCCOCCN1CCCC(Cl)C1. The molecule has 0 radical (unpaired) electrons. The number of hydrogen-bond acceptors (Lipinski definition) is 4. The molecule has 0 aromatic rings. The highest BCUT2D eigenvalue weighted by atomic mass is 35.5. The first-order chi connectivity index (χ1) is 9.83. The third kappa shape index (κ3) is 9.94. The van der Waals surface area contributed by atoms with E-state index in [2.05, 4.69) is 11.8 Å². The van der Waals surface area contributed by atoms with Crippen molar-refractivity contribution < 1.29 is 14.2 Å². The normalized spacial score (nSPS) is 20.4. The van der Waals surface area contributed by atoms with Crippen molar-refractivity contribution in [2.45, 2.75) is 38.0 Å². The first-order valence-corrected chi connectivity index (χ1v) is 8.36. The predicted molar refractivity (Wildman–Crippen MR) is 82.7 cm³/mol. The fraction of sp³-hybridized carbons (Fsp3) is 1.00. The molecule has 1 aliphatic heterocycles. The van der Waals surface area contributed by atoms with Gasteiger partial charge in [-0.3, -0.25) is 4.90 Å². The monoisotopic (exact) mass is 307 g/mol. The molecule has 1 heterocycles. The van der Waals surface area contributed by atoms with Crippen LogP contribution < -0.4 is 0 Å². The summed E-state index contributed by atoms with van der Waals surface area (Å²) in [7, 11) is 0. The van der Waals surface area contributed by atoms with Gasteiger partial charge in [0.05, 0.1) is 33.0 Å². The van der Waals surface area contributed by atoms with Crippen molar-refractivity contribution in [3.63, 3.8) is 0 Å². The number of ether oxygens (including phenoxy) is 3. The Hall–Kier alpha value is 0.130. The maximum Gasteiger partial charge on any atom is 0.0701 e. The van der Waals surface area contributed by atoms with Crippen LogP contribution in [0, 0.1) is 0 Å². The smallest absolute Gasteiger partial charge is 0.0701 e. The topological polar surface area (TPSA) is 30.9 Å². The zero-order valence-electron chi connectivity index (χ0n) is 12.8. The molecule has 0 amide bonds. The molecule has 5 heteroatoms. The van der Waals surface area contributed by atoms with Gasteiger partial charge in [-0.05, 0) is 25.8 Å². The van der Waals surface area contributed by atoms with Crippen molar-refractivity contribution in [2.24, 2.45) is 0 Å². The van der Waals surface area contributed by atoms with Crippen LogP contribution in [0.3, 0.4) is 0 Å². The summed E-state index contributed by atoms with van der Waals surface area (Å²) in [5.41, 5.74) is 0. The number of likely N-dealkylation sites (tertiary alicyclic amines) is 1. The Bertz CT molecular complexity index is 219. The second-order valence-electron chi connectivity index (χ2n) is 5.23. The lowest BCUT2D eigenvalue weighted by Crippen LogP contribution is -2.38. The molecular weight excluding hydrogens is 278 g/mol. The summed E-state index contributed by atoms with van der Waals surface area (Å²) in [6.07, 6.45) is 4.65. The van der Waals surface area contributed by atoms with E-state index in [-0.39, 0.29) is 0 Å². The molecule has 0 N–H and O–H groups in total. The van der Waals surface area contributed by atoms with Crippen molar-refractivity contribution in [3.05, 3.63) is 0 Å². The Morgan fingerprint density at radius 3 is 2.30 bits per heavy atom. The van der Waals surface area contributed by atoms with Gasteiger partial charge in [0, 0.05) is 25.1 Å². The minimum atomic E-state index is 0.319. The van der Waals surface area contributed by atoms with Crippen LogP contribution >= 0.6 is 11.6 Å². The molecule has 1 unspecified atom stereocenters. The molecule has 1 atom stereocenters. The Balaban J connectivity index is 1.76. The highest BCUT2D eigenvalue weighted by Gasteiger charge is 2.16. The van der Waals surface area contributed by atoms with Gasteiger partial charge in [-0.15, -0.1) is 11.6 Å². The number of unbranched alkanes of at least 4 members (excludes halogenated alkanes) is 1. The summed E-state index contributed by atoms with van der Waals surface area (Å²) in [5, 5.41) is 0.319. The van der Waals surface area contributed by atoms with Gasteiger partial charge in [0.25, 0.3) is 0 Å². The number of alkyl halides is 1. The predicted octanol–water partition coefficient (Wildman–Crippen LogP) is 2.54. The van der Waals surface area contributed by atoms with E-state index >= 15 is 0 Å². The number of rotatable bonds is 12. The molecule has 20 heavy (non-hydrogen) atoms. The van der Waals surface area contributed by atoms with Gasteiger partial charge in [-0.1, -0.05) is 13.3 Å². The molecule has 4 nitrogen and oxygen atoms in total. The largest absolute Gasteiger partial charge is 0.379 e. The van der Waals surface area contributed by atoms with E-state index in [4.69, 9.17) is 25.8 Å². The van der Waals surface area contributed by atoms with Gasteiger partial charge >= 0.3 is 0 Å². The molecule has 1 fully saturated rings. The van der Waals surface area contributed by atoms with Gasteiger partial charge in [0.2, 0.25) is 0 Å². The molecule has 0 saturated carbocycles. The first-order valence-electron chi connectivity index (χ1n) is 7.92. The molecule has 0 aromatic heterocycles. The van der Waals surface area contributed by atoms with Crippen LogP contribution in [0.25, 0.3) is 0 Å². The van der Waals surface area contributed by atoms with Crippen molar-refractivity contribution in [1.29, 1.82) is 0 Å². The van der Waals surface area contributed by atoms with Crippen molar-refractivity contribution in [2.75, 3.05) is 59.3 Å². The lowest BCUT2D eigenvalue weighted by atomic mass is 10.1. The van der Waals surface area contributed by atoms with Crippen molar-refractivity contribution in [3.8, 4) is 0 Å². The van der Waals surface area contributed by atoms with Crippen LogP contribution in [0.2, 0.25) is 0 Å². The third-order valence-electron chi connectivity index (χ3n) is 3.39. The van der Waals surface area contributed by atoms with E-state index in [0.717, 1.165) is 45.7 Å². The molecule has 1 aliphatic rings. The zero-order valence-corrected chi connectivity index (χ0v) is 13.6. The van der Waals surface area contributed by atoms with Crippen LogP contribution in [0.5, 0.6) is 0 Å². The molecule has 1 rings (SSSR count). The van der Waals surface area contributed by atoms with E-state index in [9.17, 15) is 0 Å². The van der Waals surface area contributed by atoms with Gasteiger partial charge in [0.15, 0.2) is 0 Å². The number of nitrogens with zero attached hydrogens (tertiary/aromatic N) is 1. The lowest BCUT2D eigenvalue weighted by Gasteiger charge is -2.29. The molecule has 0 aromatic carbocycles. The number of piperidine rings is 1. The van der Waals surface area contributed by atoms with E-state index < -0.39 is 0 Å². The summed E-state index contributed by atoms with van der Waals surface area (Å²) in [4.78, 5) is 2.38. The van der Waals surface area contributed by atoms with Crippen LogP contribution in [0.15, 0.2) is 0 Å². The molecule has 1 saturated heterocycles. The van der Waals surface area contributed by atoms with E-state index in [1.807, 2.05) is 0 Å². The third-order valence-corrected chi connectivity index (χ3v) is 3.74. The van der Waals surface area contributed by atoms with E-state index in [1.54, 1.807) is 0 Å². The Kier molecular flexibility index (Phi) is 11.7. The fourth-order valence-corrected chi connectivity index (χ4v) is 2.53. The van der Waals surface area contributed by atoms with Crippen LogP contribution in [-0.2, 0) is 14.2 Å². The standard InChI is InChI=1S/C15H30ClNO3/c1-2-3-8-18-10-12-20-13-11-19-9-7-17-6-4-5-15(16)14-17/h15H,2-14H2,1H3. The average Bonchev–Trinajstić information content (AvgIpc) is 2.45. The highest BCUT2D eigenvalue weighted by molar-refractivity contribution is 6.20. The fourth-order valence-electron chi connectivity index (χ4n) is 2.18. The summed E-state index contributed by atoms with van der Waals surface area (Å²) >= 11 is 6.14. The van der Waals surface area contributed by atoms with E-state index in [1.165, 1.54) is 12.8 Å². The Labute approximate surface area is 128 Å². The van der Waals surface area contributed by atoms with Gasteiger partial charge in [-0.25, -0.2) is 0 Å². The second-order valence-corrected chi connectivity index (χ2v) is 5.85. The van der Waals surface area contributed by atoms with Crippen molar-refractivity contribution in [1.82, 2.24) is 4.90 Å². The van der Waals surface area contributed by atoms with Crippen LogP contribution in [-0.4, -0.2) is 69.6 Å². The molecule has 0 aliphatic carbocycles. The lowest BCUT2D eigenvalue weighted by molar-refractivity contribution is 0.00946. The Morgan fingerprint density at radius 1 is 1.00 bits per heavy atom. The number of hydrogen-bond donors (Lipinski definition) is 0. The van der Waals surface area contributed by atoms with Crippen LogP contribution in [0.4, 0.5) is 0 Å². The number of halogens is 1. The summed E-state index contributed by atoms with van der Waals surface area (Å²) in [5.74, 6) is 0. The summed E-state index contributed by atoms with van der Waals surface area (Å²) < 4.78 is 16.4. The molecule has 0 spiro atoms. The Morgan fingerprint density at radius 2 is 1.65 bits per heavy atom. The summed E-state index contributed by atoms with van der Waals surface area (Å²) in [6, 6.07) is 0. The van der Waals surface area contributed by atoms with Gasteiger partial charge in [-0.2, -0.15) is 0 Å². The molecular formula is C15H30ClNO3. The van der Waals surface area contributed by atoms with E-state index in [0.29, 0.717) is 31.8 Å². The maximum absolute atomic E-state index is 6.14. The van der Waals surface area contributed by atoms with Gasteiger partial charge in [0.1, 0.15) is 0 Å². The minimum Gasteiger partial charge on any atom is -0.379 e. The quantitative estimate of drug-likeness (QED) is 0.409. The maximum atomic E-state index is 6.14. The second kappa shape index (κ2) is 12.8. The first kappa shape index (κ1) is 18.2. The molecule has 0 bridgehead atoms. The minimum absolute atomic E-state index is 0.319. The highest BCUT2D eigenvalue weighted by Crippen LogP contribution is 2.14. The van der Waals surface area contributed by atoms with Crippen LogP contribution in [0.1, 0.15) is 32.6 Å². The zero-order chi connectivity index (χ0) is 14.5. The molecule has 120 valence electrons. The summed E-state index contributed by atoms with van der Waals surface area (Å²) in [6.45, 7) is 9.54. The van der Waals surface area contributed by atoms with Crippen molar-refractivity contribution >= 4 is 11.6 Å². The van der Waals surface area contributed by atoms with Gasteiger partial charge < -0.3 is 14.2 Å².